The zero-order valence-corrected chi connectivity index (χ0v) is 11.8. The van der Waals surface area contributed by atoms with Crippen LogP contribution in [-0.2, 0) is 14.2 Å². The summed E-state index contributed by atoms with van der Waals surface area (Å²) in [5, 5.41) is 0. The molecule has 2 aliphatic heterocycles. The monoisotopic (exact) mass is 340 g/mol. The van der Waals surface area contributed by atoms with Gasteiger partial charge in [0, 0.05) is 0 Å². The molecular weight excluding hydrogens is 321 g/mol. The van der Waals surface area contributed by atoms with E-state index in [-0.39, 0.29) is 27.1 Å². The number of hydrogen-bond acceptors (Lipinski definition) is 4. The number of hydrogen-bond donors (Lipinski definition) is 1. The maximum atomic E-state index is 5.90. The third kappa shape index (κ3) is 2.76. The summed E-state index contributed by atoms with van der Waals surface area (Å²) in [7, 11) is 0. The van der Waals surface area contributed by atoms with Gasteiger partial charge in [-0.05, 0) is 0 Å². The molecule has 0 spiro atoms. The van der Waals surface area contributed by atoms with Gasteiger partial charge in [0.2, 0.25) is 0 Å². The summed E-state index contributed by atoms with van der Waals surface area (Å²) in [6, 6.07) is 0. The van der Waals surface area contributed by atoms with E-state index in [1.165, 1.54) is 0 Å². The third-order valence-corrected chi connectivity index (χ3v) is 4.14. The maximum absolute atomic E-state index is 5.90. The predicted octanol–water partition coefficient (Wildman–Crippen LogP) is -1.83. The van der Waals surface area contributed by atoms with Crippen molar-refractivity contribution in [2.24, 2.45) is 3.95 Å². The van der Waals surface area contributed by atoms with Crippen LogP contribution in [-0.4, -0.2) is 29.2 Å². The Morgan fingerprint density at radius 1 is 1.50 bits per heavy atom. The second-order valence-electron chi connectivity index (χ2n) is 4.64. The molecule has 16 heavy (non-hydrogen) atoms. The van der Waals surface area contributed by atoms with E-state index in [2.05, 4.69) is 13.5 Å². The Hall–Kier alpha value is 0.310. The van der Waals surface area contributed by atoms with Crippen LogP contribution < -0.4 is 25.4 Å². The Kier molecular flexibility index (Phi) is 3.90. The summed E-state index contributed by atoms with van der Waals surface area (Å²) in [6.45, 7) is 7.43. The molecule has 0 amide bonds. The van der Waals surface area contributed by atoms with E-state index >= 15 is 0 Å². The molecule has 2 bridgehead atoms. The van der Waals surface area contributed by atoms with Crippen LogP contribution in [0.4, 0.5) is 0 Å². The summed E-state index contributed by atoms with van der Waals surface area (Å²) < 4.78 is 23.9. The Labute approximate surface area is 107 Å². The summed E-state index contributed by atoms with van der Waals surface area (Å²) in [5.74, 6) is -0.850. The van der Waals surface area contributed by atoms with Crippen LogP contribution in [0.3, 0.4) is 0 Å². The van der Waals surface area contributed by atoms with Crippen molar-refractivity contribution >= 4 is 0 Å². The van der Waals surface area contributed by atoms with Crippen molar-refractivity contribution in [3.63, 3.8) is 0 Å². The zero-order chi connectivity index (χ0) is 11.6. The topological polar surface area (TPSA) is 53.7 Å². The van der Waals surface area contributed by atoms with Crippen molar-refractivity contribution in [2.75, 3.05) is 17.6 Å². The molecule has 5 heteroatoms. The van der Waals surface area contributed by atoms with Crippen LogP contribution in [0.2, 0.25) is 0 Å². The molecule has 4 nitrogen and oxygen atoms in total. The van der Waals surface area contributed by atoms with Crippen LogP contribution in [0.5, 0.6) is 0 Å². The summed E-state index contributed by atoms with van der Waals surface area (Å²) in [4.78, 5) is 0. The van der Waals surface area contributed by atoms with Crippen molar-refractivity contribution in [3.05, 3.63) is 12.2 Å². The van der Waals surface area contributed by atoms with E-state index in [0.29, 0.717) is 19.6 Å². The molecule has 0 saturated carbocycles. The van der Waals surface area contributed by atoms with Gasteiger partial charge in [0.1, 0.15) is 0 Å². The van der Waals surface area contributed by atoms with Crippen LogP contribution >= 0.6 is 0 Å². The van der Waals surface area contributed by atoms with Crippen molar-refractivity contribution in [2.45, 2.75) is 37.8 Å². The van der Waals surface area contributed by atoms with Gasteiger partial charge in [-0.3, -0.25) is 0 Å². The average molecular weight is 340 g/mol. The summed E-state index contributed by atoms with van der Waals surface area (Å²) in [6.07, 6.45) is 2.49. The van der Waals surface area contributed by atoms with Crippen molar-refractivity contribution in [1.82, 2.24) is 0 Å². The number of nitrogens with two attached hydrogens (primary N) is 1. The van der Waals surface area contributed by atoms with E-state index in [4.69, 9.17) is 18.2 Å². The van der Waals surface area contributed by atoms with Gasteiger partial charge in [0.25, 0.3) is 0 Å². The molecule has 0 radical (unpaired) electrons. The van der Waals surface area contributed by atoms with Gasteiger partial charge < -0.3 is 0 Å². The minimum atomic E-state index is -0.850. The molecule has 2 aliphatic rings. The third-order valence-electron chi connectivity index (χ3n) is 2.98. The van der Waals surface area contributed by atoms with Crippen molar-refractivity contribution < 1.29 is 35.7 Å². The van der Waals surface area contributed by atoms with E-state index in [1.54, 1.807) is 0 Å². The molecule has 2 unspecified atom stereocenters. The predicted molar refractivity (Wildman–Crippen MR) is 56.2 cm³/mol. The number of ether oxygens (including phenoxy) is 3. The van der Waals surface area contributed by atoms with Gasteiger partial charge in [-0.2, -0.15) is 0 Å². The van der Waals surface area contributed by atoms with E-state index in [9.17, 15) is 0 Å². The summed E-state index contributed by atoms with van der Waals surface area (Å²) in [5.41, 5.74) is 0.940. The molecule has 2 N–H and O–H groups in total. The molecule has 2 rings (SSSR count). The zero-order valence-electron chi connectivity index (χ0n) is 9.63. The fourth-order valence-corrected chi connectivity index (χ4v) is 3.11. The Balaban J connectivity index is 1.91. The number of fused-ring (bicyclic) bond motifs is 2. The second-order valence-corrected chi connectivity index (χ2v) is 6.60. The van der Waals surface area contributed by atoms with E-state index < -0.39 is 5.97 Å². The Morgan fingerprint density at radius 3 is 3.06 bits per heavy atom. The molecule has 0 aromatic carbocycles. The molecule has 94 valence electrons. The molecule has 2 saturated heterocycles. The fourth-order valence-electron chi connectivity index (χ4n) is 2.03. The van der Waals surface area contributed by atoms with Crippen LogP contribution in [0.25, 0.3) is 0 Å². The fraction of sp³-hybridized carbons (Fsp3) is 0.818. The van der Waals surface area contributed by atoms with Gasteiger partial charge in [0.15, 0.2) is 0 Å². The molecule has 2 fully saturated rings. The average Bonchev–Trinajstić information content (AvgIpc) is 2.46. The quantitative estimate of drug-likeness (QED) is 0.277. The molecule has 0 aromatic rings. The molecule has 2 atom stereocenters. The normalized spacial score (nSPS) is 37.9. The molecule has 0 aromatic heterocycles. The first-order valence-electron chi connectivity index (χ1n) is 5.50. The van der Waals surface area contributed by atoms with Crippen molar-refractivity contribution in [1.29, 1.82) is 0 Å². The van der Waals surface area contributed by atoms with Gasteiger partial charge in [-0.1, -0.05) is 0 Å². The summed E-state index contributed by atoms with van der Waals surface area (Å²) >= 11 is -0.155. The SMILES string of the molecule is C=C(CC[I-]N)CC12OCCC(C)(CO1)O2. The van der Waals surface area contributed by atoms with Gasteiger partial charge >= 0.3 is 107 Å². The minimum absolute atomic E-state index is 0.155. The number of alkyl halides is 1. The first-order chi connectivity index (χ1) is 7.58. The molecule has 2 heterocycles. The van der Waals surface area contributed by atoms with Crippen molar-refractivity contribution in [3.8, 4) is 0 Å². The van der Waals surface area contributed by atoms with E-state index in [1.807, 2.05) is 0 Å². The van der Waals surface area contributed by atoms with Gasteiger partial charge in [0.05, 0.1) is 0 Å². The molecule has 0 aliphatic carbocycles. The van der Waals surface area contributed by atoms with Gasteiger partial charge in [-0.25, -0.2) is 0 Å². The van der Waals surface area contributed by atoms with Gasteiger partial charge in [-0.15, -0.1) is 0 Å². The van der Waals surface area contributed by atoms with Crippen LogP contribution in [0, 0.1) is 0 Å². The van der Waals surface area contributed by atoms with Crippen LogP contribution in [0.1, 0.15) is 26.2 Å². The first kappa shape index (κ1) is 12.8. The van der Waals surface area contributed by atoms with E-state index in [0.717, 1.165) is 22.8 Å². The van der Waals surface area contributed by atoms with Crippen LogP contribution in [0.15, 0.2) is 12.2 Å². The number of halogens is 1. The Bertz CT molecular complexity index is 286. The second kappa shape index (κ2) is 4.89. The standard InChI is InChI=1S/C11H19INO3/c1-9(3-5-12-13)7-11-14-6-4-10(2,16-11)8-15-11/h1,3-8,13H2,2H3/q-1. The Morgan fingerprint density at radius 2 is 2.31 bits per heavy atom. The number of rotatable bonds is 5. The first-order valence-corrected chi connectivity index (χ1v) is 8.27. The molecular formula is C11H19INO3-.